The highest BCUT2D eigenvalue weighted by molar-refractivity contribution is 5.23. The zero-order valence-electron chi connectivity index (χ0n) is 12.9. The number of piperazine rings is 1. The maximum Gasteiger partial charge on any atom is 0.105 e. The van der Waals surface area contributed by atoms with E-state index in [1.807, 2.05) is 13.8 Å². The SMILES string of the molecule is Cc1cc(C(C)NCC2CN(C)CCN2C)c(C)o1. The second-order valence-electron chi connectivity index (χ2n) is 5.90. The molecular weight excluding hydrogens is 238 g/mol. The van der Waals surface area contributed by atoms with Gasteiger partial charge in [-0.2, -0.15) is 0 Å². The van der Waals surface area contributed by atoms with E-state index in [0.29, 0.717) is 12.1 Å². The van der Waals surface area contributed by atoms with Crippen LogP contribution in [-0.4, -0.2) is 56.1 Å². The minimum atomic E-state index is 0.345. The Morgan fingerprint density at radius 3 is 2.74 bits per heavy atom. The Balaban J connectivity index is 1.89. The first kappa shape index (κ1) is 14.6. The van der Waals surface area contributed by atoms with E-state index in [0.717, 1.165) is 31.2 Å². The van der Waals surface area contributed by atoms with Crippen LogP contribution in [0.1, 0.15) is 30.0 Å². The third-order valence-electron chi connectivity index (χ3n) is 4.19. The monoisotopic (exact) mass is 265 g/mol. The third kappa shape index (κ3) is 3.59. The van der Waals surface area contributed by atoms with E-state index in [-0.39, 0.29) is 0 Å². The second kappa shape index (κ2) is 6.07. The molecule has 0 spiro atoms. The molecule has 2 unspecified atom stereocenters. The predicted octanol–water partition coefficient (Wildman–Crippen LogP) is 1.79. The summed E-state index contributed by atoms with van der Waals surface area (Å²) in [6, 6.07) is 3.08. The second-order valence-corrected chi connectivity index (χ2v) is 5.90. The van der Waals surface area contributed by atoms with Gasteiger partial charge in [-0.25, -0.2) is 0 Å². The molecule has 0 radical (unpaired) electrons. The summed E-state index contributed by atoms with van der Waals surface area (Å²) >= 11 is 0. The molecule has 4 heteroatoms. The van der Waals surface area contributed by atoms with Crippen LogP contribution < -0.4 is 5.32 Å². The minimum absolute atomic E-state index is 0.345. The van der Waals surface area contributed by atoms with E-state index in [1.54, 1.807) is 0 Å². The normalized spacial score (nSPS) is 23.7. The number of rotatable bonds is 4. The molecule has 0 aromatic carbocycles. The van der Waals surface area contributed by atoms with Crippen molar-refractivity contribution >= 4 is 0 Å². The van der Waals surface area contributed by atoms with Crippen LogP contribution >= 0.6 is 0 Å². The first-order valence-corrected chi connectivity index (χ1v) is 7.16. The fourth-order valence-electron chi connectivity index (χ4n) is 2.83. The van der Waals surface area contributed by atoms with Crippen molar-refractivity contribution < 1.29 is 4.42 Å². The highest BCUT2D eigenvalue weighted by atomic mass is 16.3. The van der Waals surface area contributed by atoms with E-state index in [2.05, 4.69) is 42.2 Å². The standard InChI is InChI=1S/C15H27N3O/c1-11-8-15(13(3)19-11)12(2)16-9-14-10-17(4)6-7-18(14)5/h8,12,14,16H,6-7,9-10H2,1-5H3. The maximum atomic E-state index is 5.61. The minimum Gasteiger partial charge on any atom is -0.466 e. The zero-order valence-corrected chi connectivity index (χ0v) is 12.9. The summed E-state index contributed by atoms with van der Waals surface area (Å²) in [4.78, 5) is 4.86. The number of furan rings is 1. The van der Waals surface area contributed by atoms with Gasteiger partial charge < -0.3 is 14.6 Å². The van der Waals surface area contributed by atoms with E-state index in [1.165, 1.54) is 12.1 Å². The van der Waals surface area contributed by atoms with Gasteiger partial charge in [-0.1, -0.05) is 0 Å². The fraction of sp³-hybridized carbons (Fsp3) is 0.733. The van der Waals surface area contributed by atoms with E-state index in [9.17, 15) is 0 Å². The van der Waals surface area contributed by atoms with Crippen molar-refractivity contribution in [3.8, 4) is 0 Å². The quantitative estimate of drug-likeness (QED) is 0.899. The van der Waals surface area contributed by atoms with Gasteiger partial charge in [0.05, 0.1) is 0 Å². The topological polar surface area (TPSA) is 31.6 Å². The molecule has 2 heterocycles. The summed E-state index contributed by atoms with van der Waals surface area (Å²) in [5.41, 5.74) is 1.28. The van der Waals surface area contributed by atoms with Crippen molar-refractivity contribution in [1.82, 2.24) is 15.1 Å². The largest absolute Gasteiger partial charge is 0.466 e. The van der Waals surface area contributed by atoms with Crippen LogP contribution in [0.2, 0.25) is 0 Å². The van der Waals surface area contributed by atoms with Crippen LogP contribution in [0.25, 0.3) is 0 Å². The van der Waals surface area contributed by atoms with E-state index in [4.69, 9.17) is 4.42 Å². The predicted molar refractivity (Wildman–Crippen MR) is 78.5 cm³/mol. The Kier molecular flexibility index (Phi) is 4.66. The number of likely N-dealkylation sites (N-methyl/N-ethyl adjacent to an activating group) is 2. The highest BCUT2D eigenvalue weighted by Crippen LogP contribution is 2.21. The molecule has 108 valence electrons. The molecule has 2 rings (SSSR count). The summed E-state index contributed by atoms with van der Waals surface area (Å²) in [6.45, 7) is 10.7. The van der Waals surface area contributed by atoms with Crippen molar-refractivity contribution in [2.45, 2.75) is 32.9 Å². The molecule has 0 bridgehead atoms. The smallest absolute Gasteiger partial charge is 0.105 e. The van der Waals surface area contributed by atoms with Crippen molar-refractivity contribution in [1.29, 1.82) is 0 Å². The Bertz CT molecular complexity index is 416. The number of hydrogen-bond acceptors (Lipinski definition) is 4. The summed E-state index contributed by atoms with van der Waals surface area (Å²) in [7, 11) is 4.42. The average Bonchev–Trinajstić information content (AvgIpc) is 2.69. The number of nitrogens with zero attached hydrogens (tertiary/aromatic N) is 2. The van der Waals surface area contributed by atoms with Crippen LogP contribution in [0, 0.1) is 13.8 Å². The lowest BCUT2D eigenvalue weighted by atomic mass is 10.1. The van der Waals surface area contributed by atoms with Gasteiger partial charge in [-0.3, -0.25) is 4.90 Å². The van der Waals surface area contributed by atoms with Crippen LogP contribution in [-0.2, 0) is 0 Å². The first-order chi connectivity index (χ1) is 8.97. The fourth-order valence-corrected chi connectivity index (χ4v) is 2.83. The van der Waals surface area contributed by atoms with Gasteiger partial charge in [0.15, 0.2) is 0 Å². The third-order valence-corrected chi connectivity index (χ3v) is 4.19. The molecule has 1 fully saturated rings. The molecule has 0 aliphatic carbocycles. The Morgan fingerprint density at radius 1 is 1.37 bits per heavy atom. The molecule has 1 saturated heterocycles. The summed E-state index contributed by atoms with van der Waals surface area (Å²) in [6.07, 6.45) is 0. The van der Waals surface area contributed by atoms with Gasteiger partial charge >= 0.3 is 0 Å². The van der Waals surface area contributed by atoms with Gasteiger partial charge in [0.2, 0.25) is 0 Å². The van der Waals surface area contributed by atoms with E-state index < -0.39 is 0 Å². The molecule has 1 aromatic rings. The van der Waals surface area contributed by atoms with Gasteiger partial charge in [0, 0.05) is 43.8 Å². The van der Waals surface area contributed by atoms with Gasteiger partial charge in [0.1, 0.15) is 11.5 Å². The van der Waals surface area contributed by atoms with Gasteiger partial charge in [-0.05, 0) is 40.9 Å². The lowest BCUT2D eigenvalue weighted by Crippen LogP contribution is -2.53. The molecule has 0 saturated carbocycles. The molecule has 1 aromatic heterocycles. The molecule has 1 aliphatic rings. The lowest BCUT2D eigenvalue weighted by molar-refractivity contribution is 0.112. The van der Waals surface area contributed by atoms with Crippen molar-refractivity contribution in [2.75, 3.05) is 40.3 Å². The molecule has 1 N–H and O–H groups in total. The molecule has 2 atom stereocenters. The summed E-state index contributed by atoms with van der Waals surface area (Å²) in [5.74, 6) is 2.03. The number of hydrogen-bond donors (Lipinski definition) is 1. The van der Waals surface area contributed by atoms with Gasteiger partial charge in [0.25, 0.3) is 0 Å². The summed E-state index contributed by atoms with van der Waals surface area (Å²) in [5, 5.41) is 3.65. The Labute approximate surface area is 116 Å². The maximum absolute atomic E-state index is 5.61. The van der Waals surface area contributed by atoms with Crippen LogP contribution in [0.5, 0.6) is 0 Å². The van der Waals surface area contributed by atoms with E-state index >= 15 is 0 Å². The number of aryl methyl sites for hydroxylation is 2. The molecule has 0 amide bonds. The Morgan fingerprint density at radius 2 is 2.11 bits per heavy atom. The Hall–Kier alpha value is -0.840. The lowest BCUT2D eigenvalue weighted by Gasteiger charge is -2.38. The van der Waals surface area contributed by atoms with Crippen molar-refractivity contribution in [2.24, 2.45) is 0 Å². The number of nitrogens with one attached hydrogen (secondary N) is 1. The molecule has 4 nitrogen and oxygen atoms in total. The zero-order chi connectivity index (χ0) is 14.0. The molecule has 1 aliphatic heterocycles. The van der Waals surface area contributed by atoms with Crippen molar-refractivity contribution in [3.63, 3.8) is 0 Å². The van der Waals surface area contributed by atoms with Crippen molar-refractivity contribution in [3.05, 3.63) is 23.2 Å². The first-order valence-electron chi connectivity index (χ1n) is 7.16. The average molecular weight is 265 g/mol. The van der Waals surface area contributed by atoms with Crippen LogP contribution in [0.4, 0.5) is 0 Å². The molecular formula is C15H27N3O. The van der Waals surface area contributed by atoms with Crippen LogP contribution in [0.3, 0.4) is 0 Å². The van der Waals surface area contributed by atoms with Gasteiger partial charge in [-0.15, -0.1) is 0 Å². The molecule has 19 heavy (non-hydrogen) atoms. The van der Waals surface area contributed by atoms with Crippen LogP contribution in [0.15, 0.2) is 10.5 Å². The highest BCUT2D eigenvalue weighted by Gasteiger charge is 2.23. The summed E-state index contributed by atoms with van der Waals surface area (Å²) < 4.78 is 5.61.